The minimum Gasteiger partial charge on any atom is -0.480 e. The monoisotopic (exact) mass is 480 g/mol. The van der Waals surface area contributed by atoms with Gasteiger partial charge in [-0.05, 0) is 41.0 Å². The molecule has 0 spiro atoms. The predicted molar refractivity (Wildman–Crippen MR) is 125 cm³/mol. The van der Waals surface area contributed by atoms with Gasteiger partial charge in [0.25, 0.3) is 0 Å². The van der Waals surface area contributed by atoms with Gasteiger partial charge in [0.2, 0.25) is 5.91 Å². The Balaban J connectivity index is 1.22. The molecule has 9 nitrogen and oxygen atoms in total. The molecular weight excluding hydrogens is 452 g/mol. The van der Waals surface area contributed by atoms with Gasteiger partial charge < -0.3 is 25.2 Å². The molecule has 9 heteroatoms. The van der Waals surface area contributed by atoms with Crippen molar-refractivity contribution in [2.75, 3.05) is 20.3 Å². The lowest BCUT2D eigenvalue weighted by Crippen LogP contribution is -2.42. The molecule has 0 heterocycles. The third-order valence-electron chi connectivity index (χ3n) is 6.59. The largest absolute Gasteiger partial charge is 0.480 e. The molecule has 2 aliphatic carbocycles. The van der Waals surface area contributed by atoms with Gasteiger partial charge in [0.05, 0.1) is 7.11 Å². The van der Waals surface area contributed by atoms with E-state index in [9.17, 15) is 24.3 Å². The minimum absolute atomic E-state index is 0.0365. The third-order valence-corrected chi connectivity index (χ3v) is 6.59. The highest BCUT2D eigenvalue weighted by atomic mass is 16.5. The van der Waals surface area contributed by atoms with E-state index < -0.39 is 30.0 Å². The minimum atomic E-state index is -1.21. The van der Waals surface area contributed by atoms with E-state index in [4.69, 9.17) is 4.74 Å². The Morgan fingerprint density at radius 3 is 2.26 bits per heavy atom. The molecule has 2 aromatic carbocycles. The van der Waals surface area contributed by atoms with Crippen LogP contribution in [0.3, 0.4) is 0 Å². The fourth-order valence-corrected chi connectivity index (χ4v) is 4.56. The van der Waals surface area contributed by atoms with Crippen molar-refractivity contribution in [3.8, 4) is 11.1 Å². The van der Waals surface area contributed by atoms with Crippen LogP contribution >= 0.6 is 0 Å². The first-order valence-electron chi connectivity index (χ1n) is 11.6. The summed E-state index contributed by atoms with van der Waals surface area (Å²) >= 11 is 0. The van der Waals surface area contributed by atoms with Crippen LogP contribution < -0.4 is 10.6 Å². The van der Waals surface area contributed by atoms with E-state index in [-0.39, 0.29) is 43.7 Å². The molecule has 2 aromatic rings. The maximum atomic E-state index is 12.4. The number of benzene rings is 2. The Bertz CT molecular complexity index is 1090. The number of carbonyl (C=O) groups is 4. The standard InChI is InChI=1S/C26H28N2O7/c1-34-23(29)11-10-22(25(31)32)28-24(30)20-12-15(20)13-27-26(33)35-14-21-18-8-4-2-6-16(18)17-7-3-5-9-19(17)21/h2-9,15,20-22H,10-14H2,1H3,(H,27,33)(H,28,30)(H,31,32)/t15-,20-,22-/m1/s1. The molecular formula is C26H28N2O7. The summed E-state index contributed by atoms with van der Waals surface area (Å²) in [4.78, 5) is 47.3. The van der Waals surface area contributed by atoms with E-state index >= 15 is 0 Å². The molecule has 3 N–H and O–H groups in total. The number of ether oxygens (including phenoxy) is 2. The first kappa shape index (κ1) is 24.3. The van der Waals surface area contributed by atoms with E-state index in [0.717, 1.165) is 22.3 Å². The molecule has 0 unspecified atom stereocenters. The maximum Gasteiger partial charge on any atom is 0.407 e. The second-order valence-electron chi connectivity index (χ2n) is 8.82. The van der Waals surface area contributed by atoms with Crippen molar-refractivity contribution in [1.29, 1.82) is 0 Å². The van der Waals surface area contributed by atoms with Crippen molar-refractivity contribution >= 4 is 23.9 Å². The SMILES string of the molecule is COC(=O)CC[C@@H](NC(=O)[C@@H]1C[C@@H]1CNC(=O)OCC1c2ccccc2-c2ccccc21)C(=O)O. The van der Waals surface area contributed by atoms with E-state index in [1.807, 2.05) is 36.4 Å². The zero-order chi connectivity index (χ0) is 24.9. The molecule has 1 saturated carbocycles. The van der Waals surface area contributed by atoms with Crippen molar-refractivity contribution in [3.05, 3.63) is 59.7 Å². The number of esters is 1. The van der Waals surface area contributed by atoms with Gasteiger partial charge in [-0.25, -0.2) is 9.59 Å². The number of nitrogens with one attached hydrogen (secondary N) is 2. The van der Waals surface area contributed by atoms with Gasteiger partial charge in [-0.1, -0.05) is 48.5 Å². The fraction of sp³-hybridized carbons (Fsp3) is 0.385. The number of methoxy groups -OCH3 is 1. The zero-order valence-corrected chi connectivity index (χ0v) is 19.4. The first-order chi connectivity index (χ1) is 16.9. The molecule has 184 valence electrons. The molecule has 0 saturated heterocycles. The Kier molecular flexibility index (Phi) is 7.33. The lowest BCUT2D eigenvalue weighted by atomic mass is 9.98. The topological polar surface area (TPSA) is 131 Å². The highest BCUT2D eigenvalue weighted by Crippen LogP contribution is 2.44. The Hall–Kier alpha value is -3.88. The molecule has 2 aliphatic rings. The van der Waals surface area contributed by atoms with E-state index in [2.05, 4.69) is 27.5 Å². The summed E-state index contributed by atoms with van der Waals surface area (Å²) in [5.74, 6) is -2.67. The van der Waals surface area contributed by atoms with Crippen LogP contribution in [0.1, 0.15) is 36.3 Å². The van der Waals surface area contributed by atoms with E-state index in [1.165, 1.54) is 7.11 Å². The van der Waals surface area contributed by atoms with Crippen LogP contribution in [0.15, 0.2) is 48.5 Å². The van der Waals surface area contributed by atoms with Gasteiger partial charge in [0.1, 0.15) is 12.6 Å². The van der Waals surface area contributed by atoms with Crippen molar-refractivity contribution < 1.29 is 33.8 Å². The highest BCUT2D eigenvalue weighted by molar-refractivity contribution is 5.87. The lowest BCUT2D eigenvalue weighted by Gasteiger charge is -2.15. The van der Waals surface area contributed by atoms with Crippen LogP contribution in [0.5, 0.6) is 0 Å². The molecule has 2 amide bonds. The fourth-order valence-electron chi connectivity index (χ4n) is 4.56. The van der Waals surface area contributed by atoms with Crippen LogP contribution in [0, 0.1) is 11.8 Å². The molecule has 0 aliphatic heterocycles. The van der Waals surface area contributed by atoms with Crippen LogP contribution in [0.25, 0.3) is 11.1 Å². The first-order valence-corrected chi connectivity index (χ1v) is 11.6. The van der Waals surface area contributed by atoms with Gasteiger partial charge in [-0.3, -0.25) is 9.59 Å². The van der Waals surface area contributed by atoms with Gasteiger partial charge in [0.15, 0.2) is 0 Å². The van der Waals surface area contributed by atoms with Crippen LogP contribution in [-0.2, 0) is 23.9 Å². The average molecular weight is 481 g/mol. The van der Waals surface area contributed by atoms with Gasteiger partial charge >= 0.3 is 18.0 Å². The van der Waals surface area contributed by atoms with Crippen LogP contribution in [-0.4, -0.2) is 55.3 Å². The number of aliphatic carboxylic acids is 1. The second-order valence-corrected chi connectivity index (χ2v) is 8.82. The summed E-state index contributed by atoms with van der Waals surface area (Å²) in [6.07, 6.45) is -0.174. The number of carboxylic acid groups (broad SMARTS) is 1. The molecule has 3 atom stereocenters. The Labute approximate surface area is 202 Å². The molecule has 0 radical (unpaired) electrons. The smallest absolute Gasteiger partial charge is 0.407 e. The number of alkyl carbamates (subject to hydrolysis) is 1. The predicted octanol–water partition coefficient (Wildman–Crippen LogP) is 2.68. The van der Waals surface area contributed by atoms with Crippen LogP contribution in [0.2, 0.25) is 0 Å². The Morgan fingerprint density at radius 2 is 1.66 bits per heavy atom. The highest BCUT2D eigenvalue weighted by Gasteiger charge is 2.44. The van der Waals surface area contributed by atoms with Crippen molar-refractivity contribution in [2.24, 2.45) is 11.8 Å². The normalized spacial score (nSPS) is 18.5. The summed E-state index contributed by atoms with van der Waals surface area (Å²) in [6, 6.07) is 15.0. The number of fused-ring (bicyclic) bond motifs is 3. The zero-order valence-electron chi connectivity index (χ0n) is 19.4. The van der Waals surface area contributed by atoms with Gasteiger partial charge in [-0.15, -0.1) is 0 Å². The van der Waals surface area contributed by atoms with Gasteiger partial charge in [0, 0.05) is 24.8 Å². The number of hydrogen-bond acceptors (Lipinski definition) is 6. The quantitative estimate of drug-likeness (QED) is 0.446. The van der Waals surface area contributed by atoms with E-state index in [1.54, 1.807) is 0 Å². The van der Waals surface area contributed by atoms with Crippen molar-refractivity contribution in [3.63, 3.8) is 0 Å². The van der Waals surface area contributed by atoms with E-state index in [0.29, 0.717) is 6.42 Å². The maximum absolute atomic E-state index is 12.4. The van der Waals surface area contributed by atoms with Gasteiger partial charge in [-0.2, -0.15) is 0 Å². The summed E-state index contributed by atoms with van der Waals surface area (Å²) in [7, 11) is 1.22. The molecule has 0 bridgehead atoms. The van der Waals surface area contributed by atoms with Crippen molar-refractivity contribution in [2.45, 2.75) is 31.2 Å². The third kappa shape index (κ3) is 5.62. The Morgan fingerprint density at radius 1 is 1.03 bits per heavy atom. The number of carboxylic acids is 1. The molecule has 4 rings (SSSR count). The number of amides is 2. The summed E-state index contributed by atoms with van der Waals surface area (Å²) < 4.78 is 10.0. The second kappa shape index (κ2) is 10.6. The average Bonchev–Trinajstić information content (AvgIpc) is 3.58. The number of carbonyl (C=O) groups excluding carboxylic acids is 3. The number of rotatable bonds is 10. The van der Waals surface area contributed by atoms with Crippen LogP contribution in [0.4, 0.5) is 4.79 Å². The molecule has 0 aromatic heterocycles. The summed E-state index contributed by atoms with van der Waals surface area (Å²) in [6.45, 7) is 0.462. The molecule has 35 heavy (non-hydrogen) atoms. The summed E-state index contributed by atoms with van der Waals surface area (Å²) in [5.41, 5.74) is 4.55. The van der Waals surface area contributed by atoms with Crippen molar-refractivity contribution in [1.82, 2.24) is 10.6 Å². The lowest BCUT2D eigenvalue weighted by molar-refractivity contribution is -0.144. The summed E-state index contributed by atoms with van der Waals surface area (Å²) in [5, 5.41) is 14.5. The number of hydrogen-bond donors (Lipinski definition) is 3. The molecule has 1 fully saturated rings.